The topological polar surface area (TPSA) is 81.1 Å². The fourth-order valence-electron chi connectivity index (χ4n) is 6.90. The number of carboxylic acids is 2. The third kappa shape index (κ3) is 60.1. The fourth-order valence-corrected chi connectivity index (χ4v) is 6.90. The summed E-state index contributed by atoms with van der Waals surface area (Å²) in [4.78, 5) is 25.3. The molecule has 0 rings (SSSR count). The van der Waals surface area contributed by atoms with E-state index in [2.05, 4.69) is 51.6 Å². The van der Waals surface area contributed by atoms with Crippen LogP contribution in [0.4, 0.5) is 0 Å². The second-order valence-corrected chi connectivity index (χ2v) is 16.5. The Balaban J connectivity index is -0.000000243. The highest BCUT2D eigenvalue weighted by molar-refractivity contribution is 5.85. The van der Waals surface area contributed by atoms with E-state index >= 15 is 0 Å². The van der Waals surface area contributed by atoms with Crippen LogP contribution in [0.1, 0.15) is 253 Å². The lowest BCUT2D eigenvalue weighted by molar-refractivity contribution is -0.148. The van der Waals surface area contributed by atoms with Gasteiger partial charge in [-0.1, -0.05) is 214 Å². The highest BCUT2D eigenvalue weighted by Crippen LogP contribution is 2.13. The minimum Gasteiger partial charge on any atom is -0.481 e. The van der Waals surface area contributed by atoms with E-state index in [1.165, 1.54) is 232 Å². The molecule has 0 aromatic carbocycles. The molecule has 0 bridgehead atoms. The zero-order chi connectivity index (χ0) is 40.8. The standard InChI is InChI=1S/2C21H45N.C6H10O4.2ClH/c2*1-4-6-8-10-12-14-16-18-20-22(3)21-19-17-15-13-11-9-7-5-2;1-2-4(6(9)10)3-5(7)8;;/h2*4-21H2,1-3H3;4H,2-3H2,1H3,(H,7,8)(H,9,10);2*1H. The van der Waals surface area contributed by atoms with Crippen LogP contribution in [0.5, 0.6) is 0 Å². The number of nitrogens with zero attached hydrogens (tertiary/aromatic N) is 2. The van der Waals surface area contributed by atoms with Crippen molar-refractivity contribution in [1.82, 2.24) is 9.80 Å². The minimum atomic E-state index is -1.06. The molecule has 0 heterocycles. The van der Waals surface area contributed by atoms with Gasteiger partial charge in [0.25, 0.3) is 0 Å². The average Bonchev–Trinajstić information content (AvgIpc) is 3.15. The lowest BCUT2D eigenvalue weighted by Gasteiger charge is -2.16. The first-order chi connectivity index (χ1) is 26.2. The molecular weight excluding hydrogens is 739 g/mol. The van der Waals surface area contributed by atoms with E-state index in [9.17, 15) is 9.59 Å². The van der Waals surface area contributed by atoms with Gasteiger partial charge in [-0.15, -0.1) is 24.8 Å². The molecule has 0 aliphatic carbocycles. The molecule has 6 nitrogen and oxygen atoms in total. The molecule has 0 saturated carbocycles. The number of hydrogen-bond donors (Lipinski definition) is 2. The Bertz CT molecular complexity index is 649. The number of rotatable bonds is 40. The summed E-state index contributed by atoms with van der Waals surface area (Å²) in [6.45, 7) is 16.1. The summed E-state index contributed by atoms with van der Waals surface area (Å²) in [7, 11) is 4.62. The molecule has 0 spiro atoms. The van der Waals surface area contributed by atoms with Crippen molar-refractivity contribution in [3.63, 3.8) is 0 Å². The maximum absolute atomic E-state index is 10.2. The molecule has 0 aliphatic rings. The second-order valence-electron chi connectivity index (χ2n) is 16.5. The Morgan fingerprint density at radius 3 is 0.714 bits per heavy atom. The van der Waals surface area contributed by atoms with Crippen molar-refractivity contribution in [3.8, 4) is 0 Å². The van der Waals surface area contributed by atoms with Gasteiger partial charge >= 0.3 is 11.9 Å². The van der Waals surface area contributed by atoms with Crippen molar-refractivity contribution in [1.29, 1.82) is 0 Å². The van der Waals surface area contributed by atoms with Crippen LogP contribution in [-0.4, -0.2) is 72.2 Å². The lowest BCUT2D eigenvalue weighted by Crippen LogP contribution is -2.20. The molecule has 0 fully saturated rings. The largest absolute Gasteiger partial charge is 0.481 e. The van der Waals surface area contributed by atoms with Crippen LogP contribution in [0, 0.1) is 5.92 Å². The van der Waals surface area contributed by atoms with Crippen LogP contribution in [0.15, 0.2) is 0 Å². The maximum atomic E-state index is 10.2. The van der Waals surface area contributed by atoms with Crippen LogP contribution in [0.25, 0.3) is 0 Å². The van der Waals surface area contributed by atoms with Crippen molar-refractivity contribution >= 4 is 36.8 Å². The average molecular weight is 842 g/mol. The van der Waals surface area contributed by atoms with Crippen molar-refractivity contribution in [2.24, 2.45) is 5.92 Å². The molecule has 8 heteroatoms. The second kappa shape index (κ2) is 56.5. The van der Waals surface area contributed by atoms with Crippen molar-refractivity contribution in [2.75, 3.05) is 40.3 Å². The summed E-state index contributed by atoms with van der Waals surface area (Å²) >= 11 is 0. The molecule has 1 atom stereocenters. The molecule has 56 heavy (non-hydrogen) atoms. The van der Waals surface area contributed by atoms with E-state index in [4.69, 9.17) is 10.2 Å². The normalized spacial score (nSPS) is 11.2. The zero-order valence-corrected chi connectivity index (χ0v) is 40.5. The molecule has 0 aromatic rings. The van der Waals surface area contributed by atoms with E-state index in [1.807, 2.05) is 0 Å². The van der Waals surface area contributed by atoms with Gasteiger partial charge in [0, 0.05) is 0 Å². The highest BCUT2D eigenvalue weighted by Gasteiger charge is 2.17. The van der Waals surface area contributed by atoms with Gasteiger partial charge in [0.15, 0.2) is 0 Å². The molecule has 0 radical (unpaired) electrons. The van der Waals surface area contributed by atoms with Crippen molar-refractivity contribution < 1.29 is 19.8 Å². The molecule has 0 aromatic heterocycles. The summed E-state index contributed by atoms with van der Waals surface area (Å²) < 4.78 is 0. The number of carbonyl (C=O) groups is 2. The van der Waals surface area contributed by atoms with Crippen LogP contribution in [-0.2, 0) is 9.59 Å². The smallest absolute Gasteiger partial charge is 0.307 e. The predicted molar refractivity (Wildman–Crippen MR) is 254 cm³/mol. The van der Waals surface area contributed by atoms with Gasteiger partial charge in [0.1, 0.15) is 0 Å². The monoisotopic (exact) mass is 841 g/mol. The first-order valence-corrected chi connectivity index (χ1v) is 24.0. The van der Waals surface area contributed by atoms with E-state index < -0.39 is 17.9 Å². The van der Waals surface area contributed by atoms with E-state index in [0.29, 0.717) is 6.42 Å². The van der Waals surface area contributed by atoms with Gasteiger partial charge in [-0.3, -0.25) is 9.59 Å². The van der Waals surface area contributed by atoms with Gasteiger partial charge in [-0.2, -0.15) is 0 Å². The Kier molecular flexibility index (Phi) is 65.2. The summed E-state index contributed by atoms with van der Waals surface area (Å²) in [6, 6.07) is 0. The summed E-state index contributed by atoms with van der Waals surface area (Å²) in [5, 5.41) is 16.6. The maximum Gasteiger partial charge on any atom is 0.307 e. The fraction of sp³-hybridized carbons (Fsp3) is 0.958. The molecule has 342 valence electrons. The van der Waals surface area contributed by atoms with E-state index in [0.717, 1.165) is 0 Å². The van der Waals surface area contributed by atoms with Gasteiger partial charge in [0.05, 0.1) is 12.3 Å². The Labute approximate surface area is 364 Å². The number of halogens is 2. The van der Waals surface area contributed by atoms with Gasteiger partial charge in [-0.05, 0) is 72.4 Å². The van der Waals surface area contributed by atoms with Crippen LogP contribution < -0.4 is 0 Å². The van der Waals surface area contributed by atoms with E-state index in [-0.39, 0.29) is 31.2 Å². The third-order valence-electron chi connectivity index (χ3n) is 10.8. The molecule has 0 saturated heterocycles. The minimum absolute atomic E-state index is 0. The van der Waals surface area contributed by atoms with Crippen LogP contribution >= 0.6 is 24.8 Å². The predicted octanol–water partition coefficient (Wildman–Crippen LogP) is 15.8. The molecule has 0 amide bonds. The molecular formula is C48H102Cl2N2O4. The first-order valence-electron chi connectivity index (χ1n) is 24.0. The van der Waals surface area contributed by atoms with Crippen molar-refractivity contribution in [3.05, 3.63) is 0 Å². The number of carboxylic acid groups (broad SMARTS) is 2. The van der Waals surface area contributed by atoms with E-state index in [1.54, 1.807) is 6.92 Å². The third-order valence-corrected chi connectivity index (χ3v) is 10.8. The summed E-state index contributed by atoms with van der Waals surface area (Å²) in [6.07, 6.45) is 45.9. The highest BCUT2D eigenvalue weighted by atomic mass is 35.5. The molecule has 0 aliphatic heterocycles. The van der Waals surface area contributed by atoms with Gasteiger partial charge in [0.2, 0.25) is 0 Å². The number of aliphatic carboxylic acids is 2. The lowest BCUT2D eigenvalue weighted by atomic mass is 10.0. The van der Waals surface area contributed by atoms with Gasteiger partial charge < -0.3 is 20.0 Å². The molecule has 2 N–H and O–H groups in total. The summed E-state index contributed by atoms with van der Waals surface area (Å²) in [5.41, 5.74) is 0. The summed E-state index contributed by atoms with van der Waals surface area (Å²) in [5.74, 6) is -2.84. The molecule has 1 unspecified atom stereocenters. The first kappa shape index (κ1) is 64.6. The van der Waals surface area contributed by atoms with Gasteiger partial charge in [-0.25, -0.2) is 0 Å². The number of unbranched alkanes of at least 4 members (excludes halogenated alkanes) is 28. The zero-order valence-electron chi connectivity index (χ0n) is 38.9. The van der Waals surface area contributed by atoms with Crippen LogP contribution in [0.2, 0.25) is 0 Å². The van der Waals surface area contributed by atoms with Crippen molar-refractivity contribution in [2.45, 2.75) is 253 Å². The Hall–Kier alpha value is -0.560. The number of hydrogen-bond acceptors (Lipinski definition) is 4. The quantitative estimate of drug-likeness (QED) is 0.0598. The Morgan fingerprint density at radius 1 is 0.375 bits per heavy atom. The van der Waals surface area contributed by atoms with Crippen LogP contribution in [0.3, 0.4) is 0 Å². The SMILES string of the molecule is CCC(CC(=O)O)C(=O)O.CCCCCCCCCCN(C)CCCCCCCCCC.CCCCCCCCCCN(C)CCCCCCCCCC.Cl.Cl. The Morgan fingerprint density at radius 2 is 0.571 bits per heavy atom.